The summed E-state index contributed by atoms with van der Waals surface area (Å²) in [6.45, 7) is 9.62. The SMILES string of the molecule is C=CCCCCOC(=O)[C@H]1[C@@H]2SC3(CC2Br)C(C(=O)N(CC=C)c2ccccc2Cl)N([C@@H](CC)CO)C(=O)[C@H]13. The number of ether oxygens (including phenoxy) is 1. The fraction of sp³-hybridized carbons (Fsp3) is 0.552. The number of nitrogens with zero attached hydrogens (tertiary/aromatic N) is 2. The van der Waals surface area contributed by atoms with Gasteiger partial charge in [-0.25, -0.2) is 0 Å². The molecule has 39 heavy (non-hydrogen) atoms. The first-order valence-electron chi connectivity index (χ1n) is 13.5. The number of unbranched alkanes of at least 4 members (excludes halogenated alkanes) is 2. The predicted molar refractivity (Wildman–Crippen MR) is 159 cm³/mol. The number of aliphatic hydroxyl groups excluding tert-OH is 1. The first kappa shape index (κ1) is 30.2. The molecule has 0 aliphatic carbocycles. The number of carbonyl (C=O) groups excluding carboxylic acids is 3. The summed E-state index contributed by atoms with van der Waals surface area (Å²) in [5, 5.41) is 10.5. The molecule has 3 saturated heterocycles. The number of halogens is 2. The number of allylic oxidation sites excluding steroid dienone is 1. The predicted octanol–water partition coefficient (Wildman–Crippen LogP) is 4.99. The molecule has 7 nitrogen and oxygen atoms in total. The van der Waals surface area contributed by atoms with Gasteiger partial charge < -0.3 is 19.6 Å². The van der Waals surface area contributed by atoms with E-state index in [0.717, 1.165) is 12.8 Å². The summed E-state index contributed by atoms with van der Waals surface area (Å²) in [4.78, 5) is 45.3. The molecule has 3 aliphatic rings. The highest BCUT2D eigenvalue weighted by Crippen LogP contribution is 2.68. The molecule has 2 bridgehead atoms. The zero-order chi connectivity index (χ0) is 28.3. The summed E-state index contributed by atoms with van der Waals surface area (Å²) in [5.74, 6) is -2.35. The van der Waals surface area contributed by atoms with Crippen molar-refractivity contribution < 1.29 is 24.2 Å². The molecule has 0 saturated carbocycles. The van der Waals surface area contributed by atoms with Crippen LogP contribution in [0.15, 0.2) is 49.6 Å². The second-order valence-electron chi connectivity index (χ2n) is 10.3. The number of amides is 2. The van der Waals surface area contributed by atoms with Crippen LogP contribution in [0.2, 0.25) is 5.02 Å². The number of rotatable bonds is 13. The van der Waals surface area contributed by atoms with Gasteiger partial charge in [-0.3, -0.25) is 14.4 Å². The van der Waals surface area contributed by atoms with E-state index in [1.807, 2.05) is 13.0 Å². The van der Waals surface area contributed by atoms with Gasteiger partial charge in [-0.1, -0.05) is 58.7 Å². The first-order valence-corrected chi connectivity index (χ1v) is 15.6. The van der Waals surface area contributed by atoms with Crippen molar-refractivity contribution in [1.82, 2.24) is 4.90 Å². The van der Waals surface area contributed by atoms with Gasteiger partial charge in [-0.15, -0.1) is 24.9 Å². The molecular weight excluding hydrogens is 604 g/mol. The van der Waals surface area contributed by atoms with Gasteiger partial charge in [-0.05, 0) is 44.2 Å². The molecule has 0 aromatic heterocycles. The largest absolute Gasteiger partial charge is 0.465 e. The van der Waals surface area contributed by atoms with Crippen LogP contribution >= 0.6 is 39.3 Å². The minimum atomic E-state index is -0.885. The zero-order valence-electron chi connectivity index (χ0n) is 22.1. The highest BCUT2D eigenvalue weighted by atomic mass is 79.9. The van der Waals surface area contributed by atoms with Gasteiger partial charge in [0.25, 0.3) is 5.91 Å². The number of anilines is 1. The van der Waals surface area contributed by atoms with Crippen LogP contribution < -0.4 is 4.90 Å². The van der Waals surface area contributed by atoms with E-state index in [-0.39, 0.29) is 41.6 Å². The van der Waals surface area contributed by atoms with Gasteiger partial charge in [0, 0.05) is 16.6 Å². The quantitative estimate of drug-likeness (QED) is 0.142. The fourth-order valence-electron chi connectivity index (χ4n) is 6.34. The lowest BCUT2D eigenvalue weighted by Gasteiger charge is -2.39. The van der Waals surface area contributed by atoms with Gasteiger partial charge in [0.05, 0.1) is 46.5 Å². The number of hydrogen-bond donors (Lipinski definition) is 1. The van der Waals surface area contributed by atoms with Crippen molar-refractivity contribution in [2.75, 3.05) is 24.7 Å². The molecule has 1 spiro atoms. The van der Waals surface area contributed by atoms with Crippen molar-refractivity contribution in [3.8, 4) is 0 Å². The van der Waals surface area contributed by atoms with Crippen LogP contribution in [0.25, 0.3) is 0 Å². The maximum atomic E-state index is 14.6. The second-order valence-corrected chi connectivity index (χ2v) is 13.4. The van der Waals surface area contributed by atoms with Crippen LogP contribution in [-0.4, -0.2) is 74.5 Å². The van der Waals surface area contributed by atoms with Crippen LogP contribution in [0.4, 0.5) is 5.69 Å². The Kier molecular flexibility index (Phi) is 9.89. The third kappa shape index (κ3) is 5.32. The monoisotopic (exact) mass is 638 g/mol. The number of hydrogen-bond acceptors (Lipinski definition) is 6. The fourth-order valence-corrected chi connectivity index (χ4v) is 10.2. The van der Waals surface area contributed by atoms with E-state index < -0.39 is 34.6 Å². The molecule has 10 heteroatoms. The molecule has 0 radical (unpaired) electrons. The van der Waals surface area contributed by atoms with E-state index in [4.69, 9.17) is 16.3 Å². The molecule has 4 rings (SSSR count). The van der Waals surface area contributed by atoms with Crippen molar-refractivity contribution in [1.29, 1.82) is 0 Å². The van der Waals surface area contributed by atoms with Gasteiger partial charge in [0.15, 0.2) is 0 Å². The lowest BCUT2D eigenvalue weighted by atomic mass is 9.71. The van der Waals surface area contributed by atoms with E-state index >= 15 is 0 Å². The maximum absolute atomic E-state index is 14.6. The van der Waals surface area contributed by atoms with E-state index in [9.17, 15) is 19.5 Å². The van der Waals surface area contributed by atoms with E-state index in [1.54, 1.807) is 51.9 Å². The minimum absolute atomic E-state index is 0.0671. The number of para-hydroxylation sites is 1. The molecule has 1 aromatic carbocycles. The number of fused-ring (bicyclic) bond motifs is 1. The summed E-state index contributed by atoms with van der Waals surface area (Å²) in [5.41, 5.74) is 0.525. The lowest BCUT2D eigenvalue weighted by molar-refractivity contribution is -0.154. The highest BCUT2D eigenvalue weighted by molar-refractivity contribution is 9.09. The summed E-state index contributed by atoms with van der Waals surface area (Å²) in [6, 6.07) is 5.63. The molecule has 3 unspecified atom stereocenters. The Balaban J connectivity index is 1.74. The van der Waals surface area contributed by atoms with Crippen LogP contribution in [0.1, 0.15) is 39.0 Å². The summed E-state index contributed by atoms with van der Waals surface area (Å²) < 4.78 is 4.84. The Hall–Kier alpha value is -1.81. The van der Waals surface area contributed by atoms with Gasteiger partial charge >= 0.3 is 5.97 Å². The molecular formula is C29H36BrClN2O5S. The van der Waals surface area contributed by atoms with Gasteiger partial charge in [0.1, 0.15) is 6.04 Å². The number of benzene rings is 1. The third-order valence-electron chi connectivity index (χ3n) is 8.08. The highest BCUT2D eigenvalue weighted by Gasteiger charge is 2.76. The third-order valence-corrected chi connectivity index (χ3v) is 11.6. The summed E-state index contributed by atoms with van der Waals surface area (Å²) in [7, 11) is 0. The summed E-state index contributed by atoms with van der Waals surface area (Å²) in [6.07, 6.45) is 6.90. The van der Waals surface area contributed by atoms with Crippen LogP contribution in [0.3, 0.4) is 0 Å². The van der Waals surface area contributed by atoms with Crippen LogP contribution in [-0.2, 0) is 19.1 Å². The Morgan fingerprint density at radius 3 is 2.72 bits per heavy atom. The number of likely N-dealkylation sites (tertiary alicyclic amines) is 1. The number of alkyl halides is 1. The summed E-state index contributed by atoms with van der Waals surface area (Å²) >= 11 is 11.8. The molecule has 2 amide bonds. The topological polar surface area (TPSA) is 87.2 Å². The zero-order valence-corrected chi connectivity index (χ0v) is 25.3. The maximum Gasteiger partial charge on any atom is 0.310 e. The molecule has 3 fully saturated rings. The van der Waals surface area contributed by atoms with Crippen molar-refractivity contribution in [3.05, 3.63) is 54.6 Å². The lowest BCUT2D eigenvalue weighted by Crippen LogP contribution is -2.58. The van der Waals surface area contributed by atoms with E-state index in [0.29, 0.717) is 30.0 Å². The number of thioether (sulfide) groups is 1. The normalized spacial score (nSPS) is 29.7. The van der Waals surface area contributed by atoms with E-state index in [2.05, 4.69) is 29.1 Å². The van der Waals surface area contributed by atoms with Crippen molar-refractivity contribution in [2.24, 2.45) is 11.8 Å². The van der Waals surface area contributed by atoms with Crippen molar-refractivity contribution in [3.63, 3.8) is 0 Å². The van der Waals surface area contributed by atoms with Gasteiger partial charge in [-0.2, -0.15) is 0 Å². The Bertz CT molecular complexity index is 1120. The van der Waals surface area contributed by atoms with Gasteiger partial charge in [0.2, 0.25) is 5.91 Å². The smallest absolute Gasteiger partial charge is 0.310 e. The Labute approximate surface area is 248 Å². The molecule has 3 heterocycles. The van der Waals surface area contributed by atoms with Crippen molar-refractivity contribution >= 4 is 62.8 Å². The average molecular weight is 640 g/mol. The van der Waals surface area contributed by atoms with Crippen LogP contribution in [0, 0.1) is 11.8 Å². The number of aliphatic hydroxyl groups is 1. The first-order chi connectivity index (χ1) is 18.8. The molecule has 3 aliphatic heterocycles. The minimum Gasteiger partial charge on any atom is -0.465 e. The average Bonchev–Trinajstić information content (AvgIpc) is 3.52. The molecule has 7 atom stereocenters. The Morgan fingerprint density at radius 1 is 1.33 bits per heavy atom. The number of carbonyl (C=O) groups is 3. The molecule has 212 valence electrons. The van der Waals surface area contributed by atoms with E-state index in [1.165, 1.54) is 0 Å². The van der Waals surface area contributed by atoms with Crippen LogP contribution in [0.5, 0.6) is 0 Å². The standard InChI is InChI=1S/C29H36BrClN2O5S/c1-4-7-8-11-15-38-28(37)22-23-26(35)33(18(6-3)17-34)25(29(23)16-19(30)24(22)39-29)27(36)32(14-5-2)21-13-10-9-12-20(21)31/h4-5,9-10,12-13,18-19,22-25,34H,1-2,6-8,11,14-17H2,3H3/t18-,19?,22+,23-,24+,25?,29?/m0/s1. The second kappa shape index (κ2) is 12.8. The molecule has 1 N–H and O–H groups in total. The Morgan fingerprint density at radius 2 is 2.08 bits per heavy atom. The van der Waals surface area contributed by atoms with Crippen molar-refractivity contribution in [2.45, 2.75) is 65.9 Å². The molecule has 1 aromatic rings. The number of esters is 1.